The summed E-state index contributed by atoms with van der Waals surface area (Å²) in [4.78, 5) is 19.0. The van der Waals surface area contributed by atoms with Gasteiger partial charge in [-0.3, -0.25) is 9.89 Å². The van der Waals surface area contributed by atoms with E-state index in [1.54, 1.807) is 23.8 Å². The largest absolute Gasteiger partial charge is 0.355 e. The highest BCUT2D eigenvalue weighted by atomic mass is 16.1. The molecule has 0 spiro atoms. The molecule has 27 heavy (non-hydrogen) atoms. The normalized spacial score (nSPS) is 16.9. The van der Waals surface area contributed by atoms with Crippen molar-refractivity contribution in [2.75, 3.05) is 30.4 Å². The van der Waals surface area contributed by atoms with Crippen LogP contribution < -0.4 is 15.5 Å². The quantitative estimate of drug-likeness (QED) is 0.638. The van der Waals surface area contributed by atoms with Crippen LogP contribution in [0.4, 0.5) is 17.6 Å². The van der Waals surface area contributed by atoms with Crippen molar-refractivity contribution < 1.29 is 4.79 Å². The van der Waals surface area contributed by atoms with Gasteiger partial charge in [0.1, 0.15) is 5.52 Å². The highest BCUT2D eigenvalue weighted by Crippen LogP contribution is 2.39. The first-order chi connectivity index (χ1) is 13.2. The molecule has 0 atom stereocenters. The van der Waals surface area contributed by atoms with Crippen LogP contribution in [0.2, 0.25) is 0 Å². The van der Waals surface area contributed by atoms with E-state index in [2.05, 4.69) is 30.8 Å². The molecule has 2 fully saturated rings. The first-order valence-electron chi connectivity index (χ1n) is 9.41. The molecule has 1 saturated heterocycles. The number of carbonyl (C=O) groups excluding carboxylic acids is 1. The summed E-state index contributed by atoms with van der Waals surface area (Å²) < 4.78 is 1.72. The number of anilines is 3. The van der Waals surface area contributed by atoms with E-state index in [1.807, 2.05) is 6.07 Å². The van der Waals surface area contributed by atoms with Crippen molar-refractivity contribution in [1.29, 1.82) is 0 Å². The lowest BCUT2D eigenvalue weighted by Gasteiger charge is -2.16. The van der Waals surface area contributed by atoms with Crippen LogP contribution in [0.5, 0.6) is 0 Å². The van der Waals surface area contributed by atoms with Gasteiger partial charge in [-0.1, -0.05) is 0 Å². The number of fused-ring (bicyclic) bond motifs is 1. The minimum Gasteiger partial charge on any atom is -0.355 e. The van der Waals surface area contributed by atoms with E-state index in [4.69, 9.17) is 4.98 Å². The first-order valence-corrected chi connectivity index (χ1v) is 9.41. The van der Waals surface area contributed by atoms with Crippen molar-refractivity contribution in [1.82, 2.24) is 30.1 Å². The lowest BCUT2D eigenvalue weighted by atomic mass is 10.3. The van der Waals surface area contributed by atoms with Gasteiger partial charge >= 0.3 is 0 Å². The summed E-state index contributed by atoms with van der Waals surface area (Å²) in [6, 6.07) is 3.83. The van der Waals surface area contributed by atoms with E-state index in [0.717, 1.165) is 43.0 Å². The van der Waals surface area contributed by atoms with Crippen LogP contribution in [0.3, 0.4) is 0 Å². The van der Waals surface area contributed by atoms with Crippen molar-refractivity contribution in [2.45, 2.75) is 31.6 Å². The van der Waals surface area contributed by atoms with Crippen molar-refractivity contribution in [3.05, 3.63) is 29.6 Å². The Morgan fingerprint density at radius 2 is 2.07 bits per heavy atom. The molecule has 9 heteroatoms. The van der Waals surface area contributed by atoms with Crippen LogP contribution in [0.25, 0.3) is 5.52 Å². The number of aromatic amines is 1. The fraction of sp³-hybridized carbons (Fsp3) is 0.444. The maximum absolute atomic E-state index is 12.1. The molecule has 140 valence electrons. The predicted molar refractivity (Wildman–Crippen MR) is 102 cm³/mol. The molecule has 9 nitrogen and oxygen atoms in total. The third kappa shape index (κ3) is 2.98. The number of nitrogens with one attached hydrogen (secondary N) is 3. The molecule has 1 saturated carbocycles. The van der Waals surface area contributed by atoms with E-state index >= 15 is 0 Å². The standard InChI is InChI=1S/C18H22N8O/c1-19-17(27)12-8-14-16(20-15-9-13(22-23-15)11-4-5-11)21-18(24-26(14)10-12)25-6-2-3-7-25/h8-11H,2-7H2,1H3,(H,19,27)(H2,20,21,22,23,24). The van der Waals surface area contributed by atoms with Crippen molar-refractivity contribution in [3.63, 3.8) is 0 Å². The number of carbonyl (C=O) groups is 1. The maximum Gasteiger partial charge on any atom is 0.252 e. The van der Waals surface area contributed by atoms with Crippen LogP contribution in [-0.2, 0) is 0 Å². The first kappa shape index (κ1) is 16.1. The molecule has 4 heterocycles. The van der Waals surface area contributed by atoms with E-state index in [0.29, 0.717) is 23.2 Å². The van der Waals surface area contributed by atoms with Gasteiger partial charge in [-0.2, -0.15) is 10.1 Å². The topological polar surface area (TPSA) is 103 Å². The van der Waals surface area contributed by atoms with E-state index in [9.17, 15) is 4.79 Å². The van der Waals surface area contributed by atoms with E-state index in [-0.39, 0.29) is 5.91 Å². The number of nitrogens with zero attached hydrogens (tertiary/aromatic N) is 5. The third-order valence-electron chi connectivity index (χ3n) is 5.19. The molecule has 0 bridgehead atoms. The number of rotatable bonds is 5. The summed E-state index contributed by atoms with van der Waals surface area (Å²) in [5, 5.41) is 18.1. The zero-order chi connectivity index (χ0) is 18.4. The van der Waals surface area contributed by atoms with Crippen molar-refractivity contribution in [2.24, 2.45) is 0 Å². The number of hydrogen-bond donors (Lipinski definition) is 3. The van der Waals surface area contributed by atoms with Gasteiger partial charge in [0.25, 0.3) is 5.91 Å². The molecular weight excluding hydrogens is 344 g/mol. The molecule has 3 N–H and O–H groups in total. The molecule has 1 amide bonds. The average molecular weight is 366 g/mol. The van der Waals surface area contributed by atoms with Crippen molar-refractivity contribution in [3.8, 4) is 0 Å². The molecule has 0 aromatic carbocycles. The Bertz CT molecular complexity index is 996. The van der Waals surface area contributed by atoms with Gasteiger partial charge in [-0.25, -0.2) is 4.52 Å². The molecule has 1 aliphatic heterocycles. The van der Waals surface area contributed by atoms with Crippen LogP contribution in [0.1, 0.15) is 47.7 Å². The molecule has 3 aromatic heterocycles. The summed E-state index contributed by atoms with van der Waals surface area (Å²) >= 11 is 0. The molecule has 0 unspecified atom stereocenters. The second kappa shape index (κ2) is 6.26. The Hall–Kier alpha value is -3.10. The van der Waals surface area contributed by atoms with E-state index < -0.39 is 0 Å². The number of amides is 1. The number of H-pyrrole nitrogens is 1. The van der Waals surface area contributed by atoms with Gasteiger partial charge in [0.2, 0.25) is 5.95 Å². The Labute approximate surface area is 156 Å². The maximum atomic E-state index is 12.1. The fourth-order valence-electron chi connectivity index (χ4n) is 3.52. The van der Waals surface area contributed by atoms with Gasteiger partial charge in [-0.05, 0) is 31.7 Å². The molecule has 5 rings (SSSR count). The second-order valence-electron chi connectivity index (χ2n) is 7.20. The lowest BCUT2D eigenvalue weighted by molar-refractivity contribution is 0.0963. The van der Waals surface area contributed by atoms with Gasteiger partial charge in [0, 0.05) is 44.0 Å². The molecular formula is C18H22N8O. The van der Waals surface area contributed by atoms with Crippen molar-refractivity contribution >= 4 is 29.0 Å². The Kier molecular flexibility index (Phi) is 3.73. The molecule has 3 aromatic rings. The summed E-state index contributed by atoms with van der Waals surface area (Å²) in [5.74, 6) is 2.50. The zero-order valence-corrected chi connectivity index (χ0v) is 15.2. The monoisotopic (exact) mass is 366 g/mol. The Morgan fingerprint density at radius 3 is 2.81 bits per heavy atom. The summed E-state index contributed by atoms with van der Waals surface area (Å²) in [6.45, 7) is 1.89. The number of aromatic nitrogens is 5. The SMILES string of the molecule is CNC(=O)c1cc2c(Nc3cc(C4CC4)[nH]n3)nc(N3CCCC3)nn2c1. The number of hydrogen-bond acceptors (Lipinski definition) is 6. The minimum atomic E-state index is -0.148. The van der Waals surface area contributed by atoms with Crippen LogP contribution in [0.15, 0.2) is 18.3 Å². The smallest absolute Gasteiger partial charge is 0.252 e. The predicted octanol–water partition coefficient (Wildman–Crippen LogP) is 2.03. The van der Waals surface area contributed by atoms with Gasteiger partial charge in [0.05, 0.1) is 5.56 Å². The average Bonchev–Trinajstić information content (AvgIpc) is 3.09. The van der Waals surface area contributed by atoms with Gasteiger partial charge < -0.3 is 15.5 Å². The summed E-state index contributed by atoms with van der Waals surface area (Å²) in [5.41, 5.74) is 2.45. The second-order valence-corrected chi connectivity index (χ2v) is 7.20. The zero-order valence-electron chi connectivity index (χ0n) is 15.2. The molecule has 2 aliphatic rings. The van der Waals surface area contributed by atoms with Crippen LogP contribution in [0, 0.1) is 0 Å². The highest BCUT2D eigenvalue weighted by molar-refractivity contribution is 5.96. The molecule has 1 aliphatic carbocycles. The highest BCUT2D eigenvalue weighted by Gasteiger charge is 2.26. The Morgan fingerprint density at radius 1 is 1.26 bits per heavy atom. The summed E-state index contributed by atoms with van der Waals surface area (Å²) in [7, 11) is 1.62. The minimum absolute atomic E-state index is 0.148. The van der Waals surface area contributed by atoms with Gasteiger partial charge in [-0.15, -0.1) is 5.10 Å². The lowest BCUT2D eigenvalue weighted by Crippen LogP contribution is -2.22. The molecule has 0 radical (unpaired) electrons. The fourth-order valence-corrected chi connectivity index (χ4v) is 3.52. The van der Waals surface area contributed by atoms with Crippen LogP contribution in [-0.4, -0.2) is 50.8 Å². The Balaban J connectivity index is 1.55. The summed E-state index contributed by atoms with van der Waals surface area (Å²) in [6.07, 6.45) is 6.45. The third-order valence-corrected chi connectivity index (χ3v) is 5.19. The van der Waals surface area contributed by atoms with E-state index in [1.165, 1.54) is 12.8 Å². The van der Waals surface area contributed by atoms with Gasteiger partial charge in [0.15, 0.2) is 11.6 Å². The van der Waals surface area contributed by atoms with Crippen LogP contribution >= 0.6 is 0 Å².